The monoisotopic (exact) mass is 443 g/mol. The summed E-state index contributed by atoms with van der Waals surface area (Å²) in [4.78, 5) is 17.7. The standard InChI is InChI=1S/C10H11I2N3O/c11-10(16)8-1-2-9(13-7-8)14-3-5-15(12)6-4-14/h1-2,7H,3-6H2. The number of hydrogen-bond donors (Lipinski definition) is 0. The maximum absolute atomic E-state index is 11.1. The maximum Gasteiger partial charge on any atom is 0.223 e. The molecule has 0 bridgehead atoms. The number of hydrogen-bond acceptors (Lipinski definition) is 4. The van der Waals surface area contributed by atoms with Crippen LogP contribution in [0.5, 0.6) is 0 Å². The zero-order valence-corrected chi connectivity index (χ0v) is 12.9. The summed E-state index contributed by atoms with van der Waals surface area (Å²) in [6.45, 7) is 4.09. The van der Waals surface area contributed by atoms with Crippen molar-refractivity contribution in [1.29, 1.82) is 0 Å². The number of rotatable bonds is 2. The van der Waals surface area contributed by atoms with E-state index in [-0.39, 0.29) is 3.79 Å². The van der Waals surface area contributed by atoms with Crippen molar-refractivity contribution in [2.75, 3.05) is 31.1 Å². The lowest BCUT2D eigenvalue weighted by molar-refractivity contribution is 0.110. The molecular weight excluding hydrogens is 432 g/mol. The molecule has 2 rings (SSSR count). The third-order valence-electron chi connectivity index (χ3n) is 2.52. The molecule has 1 aromatic rings. The molecule has 1 aliphatic heterocycles. The Labute approximate surface area is 122 Å². The first kappa shape index (κ1) is 12.5. The molecule has 16 heavy (non-hydrogen) atoms. The minimum Gasteiger partial charge on any atom is -0.354 e. The summed E-state index contributed by atoms with van der Waals surface area (Å²) in [6.07, 6.45) is 1.65. The Balaban J connectivity index is 2.07. The Morgan fingerprint density at radius 2 is 1.94 bits per heavy atom. The number of carbonyl (C=O) groups is 1. The van der Waals surface area contributed by atoms with Crippen LogP contribution in [-0.4, -0.2) is 38.1 Å². The molecule has 0 amide bonds. The Bertz CT molecular complexity index is 374. The van der Waals surface area contributed by atoms with Gasteiger partial charge in [0, 0.05) is 83.4 Å². The Hall–Kier alpha value is 0.0400. The van der Waals surface area contributed by atoms with Crippen LogP contribution in [0.25, 0.3) is 0 Å². The zero-order chi connectivity index (χ0) is 11.5. The Morgan fingerprint density at radius 1 is 1.25 bits per heavy atom. The molecule has 1 saturated heterocycles. The summed E-state index contributed by atoms with van der Waals surface area (Å²) < 4.78 is 2.31. The molecule has 0 unspecified atom stereocenters. The third kappa shape index (κ3) is 3.04. The highest BCUT2D eigenvalue weighted by Crippen LogP contribution is 2.16. The van der Waals surface area contributed by atoms with Gasteiger partial charge in [-0.1, -0.05) is 0 Å². The van der Waals surface area contributed by atoms with Gasteiger partial charge in [-0.25, -0.2) is 8.10 Å². The molecule has 1 fully saturated rings. The minimum atomic E-state index is 0.0359. The maximum atomic E-state index is 11.1. The van der Waals surface area contributed by atoms with E-state index in [1.54, 1.807) is 28.8 Å². The fourth-order valence-corrected chi connectivity index (χ4v) is 2.35. The molecule has 0 radical (unpaired) electrons. The lowest BCUT2D eigenvalue weighted by Gasteiger charge is -2.31. The molecule has 0 saturated carbocycles. The van der Waals surface area contributed by atoms with E-state index in [2.05, 4.69) is 35.9 Å². The van der Waals surface area contributed by atoms with Crippen LogP contribution in [0.4, 0.5) is 5.82 Å². The summed E-state index contributed by atoms with van der Waals surface area (Å²) in [6, 6.07) is 3.77. The van der Waals surface area contributed by atoms with Crippen molar-refractivity contribution >= 4 is 55.1 Å². The van der Waals surface area contributed by atoms with E-state index in [0.29, 0.717) is 5.56 Å². The molecule has 6 heteroatoms. The van der Waals surface area contributed by atoms with Gasteiger partial charge in [-0.15, -0.1) is 0 Å². The fourth-order valence-electron chi connectivity index (χ4n) is 1.60. The number of pyridine rings is 1. The SMILES string of the molecule is O=C(I)c1ccc(N2CCN(I)CC2)nc1. The van der Waals surface area contributed by atoms with Gasteiger partial charge < -0.3 is 4.90 Å². The van der Waals surface area contributed by atoms with Gasteiger partial charge in [0.1, 0.15) is 5.82 Å². The lowest BCUT2D eigenvalue weighted by atomic mass is 10.3. The van der Waals surface area contributed by atoms with Gasteiger partial charge in [-0.2, -0.15) is 0 Å². The first-order valence-electron chi connectivity index (χ1n) is 4.98. The highest BCUT2D eigenvalue weighted by Gasteiger charge is 2.16. The van der Waals surface area contributed by atoms with E-state index in [9.17, 15) is 4.79 Å². The van der Waals surface area contributed by atoms with E-state index >= 15 is 0 Å². The van der Waals surface area contributed by atoms with Crippen LogP contribution in [0, 0.1) is 0 Å². The van der Waals surface area contributed by atoms with Gasteiger partial charge in [-0.05, 0) is 12.1 Å². The van der Waals surface area contributed by atoms with E-state index in [0.717, 1.165) is 32.0 Å². The van der Waals surface area contributed by atoms with Crippen molar-refractivity contribution in [2.45, 2.75) is 0 Å². The predicted octanol–water partition coefficient (Wildman–Crippen LogP) is 2.13. The number of aromatic nitrogens is 1. The second-order valence-corrected chi connectivity index (χ2v) is 5.92. The lowest BCUT2D eigenvalue weighted by Crippen LogP contribution is -2.42. The van der Waals surface area contributed by atoms with Gasteiger partial charge in [0.25, 0.3) is 0 Å². The van der Waals surface area contributed by atoms with Crippen LogP contribution < -0.4 is 4.90 Å². The van der Waals surface area contributed by atoms with Crippen LogP contribution in [0.2, 0.25) is 0 Å². The molecule has 0 aliphatic carbocycles. The summed E-state index contributed by atoms with van der Waals surface area (Å²) in [5, 5.41) is 0. The largest absolute Gasteiger partial charge is 0.354 e. The second kappa shape index (κ2) is 5.58. The zero-order valence-electron chi connectivity index (χ0n) is 8.57. The first-order chi connectivity index (χ1) is 7.66. The van der Waals surface area contributed by atoms with Crippen molar-refractivity contribution in [1.82, 2.24) is 8.10 Å². The van der Waals surface area contributed by atoms with Gasteiger partial charge in [0.05, 0.1) is 0 Å². The third-order valence-corrected chi connectivity index (χ3v) is 4.11. The average molecular weight is 443 g/mol. The normalized spacial score (nSPS) is 17.5. The summed E-state index contributed by atoms with van der Waals surface area (Å²) in [5.41, 5.74) is 0.664. The van der Waals surface area contributed by atoms with Gasteiger partial charge >= 0.3 is 0 Å². The van der Waals surface area contributed by atoms with Crippen molar-refractivity contribution in [3.05, 3.63) is 23.9 Å². The van der Waals surface area contributed by atoms with Gasteiger partial charge in [0.15, 0.2) is 0 Å². The average Bonchev–Trinajstić information content (AvgIpc) is 2.30. The number of nitrogens with zero attached hydrogens (tertiary/aromatic N) is 3. The van der Waals surface area contributed by atoms with E-state index in [1.165, 1.54) is 0 Å². The second-order valence-electron chi connectivity index (χ2n) is 3.58. The molecule has 0 N–H and O–H groups in total. The molecule has 86 valence electrons. The van der Waals surface area contributed by atoms with E-state index in [1.807, 2.05) is 12.1 Å². The van der Waals surface area contributed by atoms with Crippen molar-refractivity contribution in [3.63, 3.8) is 0 Å². The summed E-state index contributed by atoms with van der Waals surface area (Å²) in [5.74, 6) is 0.964. The Morgan fingerprint density at radius 3 is 2.44 bits per heavy atom. The number of carbonyl (C=O) groups excluding carboxylic acids is 1. The summed E-state index contributed by atoms with van der Waals surface area (Å²) >= 11 is 4.12. The highest BCUT2D eigenvalue weighted by molar-refractivity contribution is 14.1. The molecular formula is C10H11I2N3O. The van der Waals surface area contributed by atoms with Crippen LogP contribution in [0.15, 0.2) is 18.3 Å². The molecule has 1 aliphatic rings. The number of anilines is 1. The van der Waals surface area contributed by atoms with Crippen LogP contribution in [-0.2, 0) is 0 Å². The Kier molecular flexibility index (Phi) is 4.36. The predicted molar refractivity (Wildman–Crippen MR) is 80.4 cm³/mol. The van der Waals surface area contributed by atoms with Crippen molar-refractivity contribution in [3.8, 4) is 0 Å². The van der Waals surface area contributed by atoms with E-state index in [4.69, 9.17) is 0 Å². The van der Waals surface area contributed by atoms with Crippen molar-refractivity contribution in [2.24, 2.45) is 0 Å². The smallest absolute Gasteiger partial charge is 0.223 e. The fraction of sp³-hybridized carbons (Fsp3) is 0.400. The molecule has 0 aromatic carbocycles. The highest BCUT2D eigenvalue weighted by atomic mass is 127. The topological polar surface area (TPSA) is 36.4 Å². The summed E-state index contributed by atoms with van der Waals surface area (Å²) in [7, 11) is 0. The molecule has 4 nitrogen and oxygen atoms in total. The van der Waals surface area contributed by atoms with E-state index < -0.39 is 0 Å². The molecule has 1 aromatic heterocycles. The quantitative estimate of drug-likeness (QED) is 0.399. The molecule has 2 heterocycles. The van der Waals surface area contributed by atoms with Crippen molar-refractivity contribution < 1.29 is 4.79 Å². The molecule has 0 atom stereocenters. The van der Waals surface area contributed by atoms with Gasteiger partial charge in [-0.3, -0.25) is 4.79 Å². The van der Waals surface area contributed by atoms with Crippen LogP contribution in [0.3, 0.4) is 0 Å². The number of halogens is 2. The van der Waals surface area contributed by atoms with Crippen LogP contribution in [0.1, 0.15) is 10.4 Å². The van der Waals surface area contributed by atoms with Gasteiger partial charge in [0.2, 0.25) is 3.79 Å². The minimum absolute atomic E-state index is 0.0359. The number of piperazine rings is 1. The van der Waals surface area contributed by atoms with Crippen LogP contribution >= 0.6 is 45.5 Å². The first-order valence-corrected chi connectivity index (χ1v) is 7.03. The molecule has 0 spiro atoms.